The van der Waals surface area contributed by atoms with Crippen LogP contribution < -0.4 is 4.74 Å². The molecule has 1 aromatic carbocycles. The van der Waals surface area contributed by atoms with Crippen LogP contribution in [0.5, 0.6) is 5.75 Å². The second kappa shape index (κ2) is 7.28. The van der Waals surface area contributed by atoms with Gasteiger partial charge in [-0.3, -0.25) is 0 Å². The standard InChI is InChI=1S/C13H18F2O3/c1-9-7-10(17-2)3-4-11(9)12(16)5-6-18-8-13(14)15/h3-4,7,12-13,16H,5-6,8H2,1-2H3. The molecule has 0 fully saturated rings. The monoisotopic (exact) mass is 260 g/mol. The maximum Gasteiger partial charge on any atom is 0.261 e. The van der Waals surface area contributed by atoms with Gasteiger partial charge >= 0.3 is 0 Å². The Bertz CT molecular complexity index is 369. The highest BCUT2D eigenvalue weighted by Crippen LogP contribution is 2.24. The highest BCUT2D eigenvalue weighted by atomic mass is 19.3. The van der Waals surface area contributed by atoms with Crippen molar-refractivity contribution < 1.29 is 23.4 Å². The van der Waals surface area contributed by atoms with Crippen LogP contribution >= 0.6 is 0 Å². The van der Waals surface area contributed by atoms with Crippen LogP contribution in [-0.2, 0) is 4.74 Å². The lowest BCUT2D eigenvalue weighted by atomic mass is 10.0. The van der Waals surface area contributed by atoms with Crippen molar-refractivity contribution in [2.45, 2.75) is 25.9 Å². The fourth-order valence-corrected chi connectivity index (χ4v) is 1.67. The summed E-state index contributed by atoms with van der Waals surface area (Å²) >= 11 is 0. The first-order valence-electron chi connectivity index (χ1n) is 5.73. The smallest absolute Gasteiger partial charge is 0.261 e. The van der Waals surface area contributed by atoms with Gasteiger partial charge in [-0.25, -0.2) is 8.78 Å². The molecule has 1 rings (SSSR count). The lowest BCUT2D eigenvalue weighted by Gasteiger charge is -2.14. The largest absolute Gasteiger partial charge is 0.497 e. The number of aryl methyl sites for hydroxylation is 1. The van der Waals surface area contributed by atoms with E-state index in [9.17, 15) is 13.9 Å². The maximum atomic E-state index is 11.8. The van der Waals surface area contributed by atoms with E-state index in [2.05, 4.69) is 0 Å². The van der Waals surface area contributed by atoms with E-state index in [-0.39, 0.29) is 6.61 Å². The van der Waals surface area contributed by atoms with E-state index < -0.39 is 19.1 Å². The molecule has 0 aromatic heterocycles. The van der Waals surface area contributed by atoms with Crippen LogP contribution in [0.25, 0.3) is 0 Å². The van der Waals surface area contributed by atoms with Crippen molar-refractivity contribution >= 4 is 0 Å². The fraction of sp³-hybridized carbons (Fsp3) is 0.538. The van der Waals surface area contributed by atoms with E-state index in [0.29, 0.717) is 6.42 Å². The molecule has 1 unspecified atom stereocenters. The first-order chi connectivity index (χ1) is 8.54. The van der Waals surface area contributed by atoms with Crippen LogP contribution in [0.2, 0.25) is 0 Å². The van der Waals surface area contributed by atoms with Gasteiger partial charge < -0.3 is 14.6 Å². The predicted molar refractivity (Wildman–Crippen MR) is 64.1 cm³/mol. The molecule has 5 heteroatoms. The molecule has 1 N–H and O–H groups in total. The third kappa shape index (κ3) is 4.58. The van der Waals surface area contributed by atoms with Gasteiger partial charge in [-0.1, -0.05) is 6.07 Å². The van der Waals surface area contributed by atoms with Gasteiger partial charge in [-0.2, -0.15) is 0 Å². The average molecular weight is 260 g/mol. The lowest BCUT2D eigenvalue weighted by molar-refractivity contribution is 0.00475. The highest BCUT2D eigenvalue weighted by molar-refractivity contribution is 5.35. The number of aliphatic hydroxyl groups excluding tert-OH is 1. The summed E-state index contributed by atoms with van der Waals surface area (Å²) in [6.07, 6.45) is -2.89. The Morgan fingerprint density at radius 1 is 1.33 bits per heavy atom. The highest BCUT2D eigenvalue weighted by Gasteiger charge is 2.11. The number of ether oxygens (including phenoxy) is 2. The molecule has 0 aliphatic heterocycles. The normalized spacial score (nSPS) is 12.8. The molecule has 0 saturated heterocycles. The van der Waals surface area contributed by atoms with Gasteiger partial charge in [0.2, 0.25) is 0 Å². The Hall–Kier alpha value is -1.20. The maximum absolute atomic E-state index is 11.8. The van der Waals surface area contributed by atoms with Crippen LogP contribution in [0.3, 0.4) is 0 Å². The van der Waals surface area contributed by atoms with Crippen LogP contribution in [0, 0.1) is 6.92 Å². The molecule has 0 amide bonds. The number of alkyl halides is 2. The minimum atomic E-state index is -2.47. The first kappa shape index (κ1) is 14.9. The van der Waals surface area contributed by atoms with E-state index in [0.717, 1.165) is 16.9 Å². The summed E-state index contributed by atoms with van der Waals surface area (Å²) in [5.41, 5.74) is 1.66. The Morgan fingerprint density at radius 2 is 2.06 bits per heavy atom. The minimum absolute atomic E-state index is 0.108. The number of rotatable bonds is 7. The van der Waals surface area contributed by atoms with Crippen LogP contribution in [0.4, 0.5) is 8.78 Å². The van der Waals surface area contributed by atoms with Gasteiger partial charge in [0.25, 0.3) is 6.43 Å². The van der Waals surface area contributed by atoms with E-state index in [1.807, 2.05) is 13.0 Å². The number of methoxy groups -OCH3 is 1. The van der Waals surface area contributed by atoms with E-state index in [1.54, 1.807) is 19.2 Å². The van der Waals surface area contributed by atoms with Crippen molar-refractivity contribution in [1.29, 1.82) is 0 Å². The molecule has 0 heterocycles. The molecule has 102 valence electrons. The number of halogens is 2. The zero-order valence-corrected chi connectivity index (χ0v) is 10.5. The molecule has 0 spiro atoms. The Morgan fingerprint density at radius 3 is 2.61 bits per heavy atom. The number of benzene rings is 1. The third-order valence-electron chi connectivity index (χ3n) is 2.62. The van der Waals surface area contributed by atoms with Crippen molar-refractivity contribution in [3.63, 3.8) is 0 Å². The van der Waals surface area contributed by atoms with Gasteiger partial charge in [0.1, 0.15) is 12.4 Å². The number of hydrogen-bond acceptors (Lipinski definition) is 3. The zero-order valence-electron chi connectivity index (χ0n) is 10.5. The number of hydrogen-bond donors (Lipinski definition) is 1. The summed E-state index contributed by atoms with van der Waals surface area (Å²) in [5, 5.41) is 9.92. The fourth-order valence-electron chi connectivity index (χ4n) is 1.67. The molecule has 0 saturated carbocycles. The summed E-state index contributed by atoms with van der Waals surface area (Å²) in [7, 11) is 1.57. The molecule has 3 nitrogen and oxygen atoms in total. The first-order valence-corrected chi connectivity index (χ1v) is 5.73. The summed E-state index contributed by atoms with van der Waals surface area (Å²) in [5.74, 6) is 0.720. The molecule has 0 aliphatic carbocycles. The van der Waals surface area contributed by atoms with Gasteiger partial charge in [-0.15, -0.1) is 0 Å². The predicted octanol–water partition coefficient (Wildman–Crippen LogP) is 2.71. The van der Waals surface area contributed by atoms with Crippen molar-refractivity contribution in [3.05, 3.63) is 29.3 Å². The van der Waals surface area contributed by atoms with Crippen molar-refractivity contribution in [1.82, 2.24) is 0 Å². The van der Waals surface area contributed by atoms with E-state index in [4.69, 9.17) is 9.47 Å². The third-order valence-corrected chi connectivity index (χ3v) is 2.62. The summed E-state index contributed by atoms with van der Waals surface area (Å²) in [6, 6.07) is 5.34. The van der Waals surface area contributed by atoms with Crippen LogP contribution in [-0.4, -0.2) is 31.9 Å². The SMILES string of the molecule is COc1ccc(C(O)CCOCC(F)F)c(C)c1. The van der Waals surface area contributed by atoms with Crippen LogP contribution in [0.1, 0.15) is 23.7 Å². The van der Waals surface area contributed by atoms with Gasteiger partial charge in [-0.05, 0) is 30.2 Å². The summed E-state index contributed by atoms with van der Waals surface area (Å²) in [4.78, 5) is 0. The molecule has 18 heavy (non-hydrogen) atoms. The molecule has 0 bridgehead atoms. The average Bonchev–Trinajstić information content (AvgIpc) is 2.33. The number of aliphatic hydroxyl groups is 1. The minimum Gasteiger partial charge on any atom is -0.497 e. The van der Waals surface area contributed by atoms with Crippen molar-refractivity contribution in [3.8, 4) is 5.75 Å². The van der Waals surface area contributed by atoms with Gasteiger partial charge in [0.05, 0.1) is 13.2 Å². The van der Waals surface area contributed by atoms with Gasteiger partial charge in [0, 0.05) is 13.0 Å². The summed E-state index contributed by atoms with van der Waals surface area (Å²) < 4.78 is 33.5. The molecular formula is C13H18F2O3. The van der Waals surface area contributed by atoms with Crippen molar-refractivity contribution in [2.75, 3.05) is 20.3 Å². The second-order valence-electron chi connectivity index (χ2n) is 3.99. The molecule has 1 aromatic rings. The topological polar surface area (TPSA) is 38.7 Å². The Balaban J connectivity index is 2.48. The van der Waals surface area contributed by atoms with E-state index in [1.165, 1.54) is 0 Å². The van der Waals surface area contributed by atoms with Crippen LogP contribution in [0.15, 0.2) is 18.2 Å². The molecule has 0 radical (unpaired) electrons. The van der Waals surface area contributed by atoms with Gasteiger partial charge in [0.15, 0.2) is 0 Å². The Labute approximate surface area is 105 Å². The van der Waals surface area contributed by atoms with E-state index >= 15 is 0 Å². The quantitative estimate of drug-likeness (QED) is 0.766. The lowest BCUT2D eigenvalue weighted by Crippen LogP contribution is -2.09. The van der Waals surface area contributed by atoms with Crippen molar-refractivity contribution in [2.24, 2.45) is 0 Å². The zero-order chi connectivity index (χ0) is 13.5. The Kier molecular flexibility index (Phi) is 6.01. The second-order valence-corrected chi connectivity index (χ2v) is 3.99. The molecular weight excluding hydrogens is 242 g/mol. The molecule has 0 aliphatic rings. The molecule has 1 atom stereocenters. The summed E-state index contributed by atoms with van der Waals surface area (Å²) in [6.45, 7) is 1.38.